The van der Waals surface area contributed by atoms with Crippen molar-refractivity contribution in [2.24, 2.45) is 0 Å². The second-order valence-electron chi connectivity index (χ2n) is 3.63. The number of nitrogens with one attached hydrogen (secondary N) is 3. The Balaban J connectivity index is 2.18. The second kappa shape index (κ2) is 5.60. The molecule has 0 bridgehead atoms. The number of aromatic amines is 1. The number of nitro benzene ring substituents is 2. The van der Waals surface area contributed by atoms with Gasteiger partial charge < -0.3 is 0 Å². The summed E-state index contributed by atoms with van der Waals surface area (Å²) in [7, 11) is 0. The molecular weight excluding hydrogens is 286 g/mol. The van der Waals surface area contributed by atoms with Crippen molar-refractivity contribution in [2.75, 3.05) is 5.43 Å². The molecule has 0 radical (unpaired) electrons. The van der Waals surface area contributed by atoms with Crippen LogP contribution in [0.15, 0.2) is 24.5 Å². The van der Waals surface area contributed by atoms with Crippen LogP contribution in [-0.4, -0.2) is 30.9 Å². The third-order valence-corrected chi connectivity index (χ3v) is 2.33. The van der Waals surface area contributed by atoms with E-state index < -0.39 is 27.1 Å². The van der Waals surface area contributed by atoms with E-state index in [1.165, 1.54) is 0 Å². The number of H-pyrrole nitrogens is 1. The van der Waals surface area contributed by atoms with Crippen molar-refractivity contribution in [3.63, 3.8) is 0 Å². The highest BCUT2D eigenvalue weighted by Crippen LogP contribution is 2.28. The Morgan fingerprint density at radius 3 is 2.57 bits per heavy atom. The Hall–Kier alpha value is -3.57. The zero-order valence-corrected chi connectivity index (χ0v) is 10.1. The van der Waals surface area contributed by atoms with Gasteiger partial charge >= 0.3 is 11.6 Å². The fraction of sp³-hybridized carbons (Fsp3) is 0. The molecule has 0 saturated heterocycles. The maximum absolute atomic E-state index is 11.5. The van der Waals surface area contributed by atoms with Gasteiger partial charge in [-0.25, -0.2) is 4.98 Å². The minimum Gasteiger partial charge on any atom is -0.292 e. The zero-order chi connectivity index (χ0) is 15.4. The van der Waals surface area contributed by atoms with E-state index in [4.69, 9.17) is 0 Å². The van der Waals surface area contributed by atoms with Crippen LogP contribution in [0.3, 0.4) is 0 Å². The van der Waals surface area contributed by atoms with Crippen LogP contribution in [0.25, 0.3) is 0 Å². The van der Waals surface area contributed by atoms with E-state index in [1.54, 1.807) is 0 Å². The van der Waals surface area contributed by atoms with Gasteiger partial charge in [0.25, 0.3) is 5.69 Å². The molecule has 0 aliphatic heterocycles. The number of hydrogen-bond acceptors (Lipinski definition) is 8. The van der Waals surface area contributed by atoms with Gasteiger partial charge in [-0.3, -0.25) is 41.0 Å². The molecule has 21 heavy (non-hydrogen) atoms. The fourth-order valence-electron chi connectivity index (χ4n) is 1.39. The average Bonchev–Trinajstić information content (AvgIpc) is 2.98. The smallest absolute Gasteiger partial charge is 0.292 e. The van der Waals surface area contributed by atoms with Gasteiger partial charge in [0.15, 0.2) is 0 Å². The number of anilines is 1. The summed E-state index contributed by atoms with van der Waals surface area (Å²) < 4.78 is 0. The molecule has 2 aromatic rings. The molecule has 12 heteroatoms. The molecule has 0 aliphatic rings. The lowest BCUT2D eigenvalue weighted by atomic mass is 10.2. The van der Waals surface area contributed by atoms with Crippen LogP contribution in [0, 0.1) is 20.2 Å². The first-order valence-electron chi connectivity index (χ1n) is 5.33. The summed E-state index contributed by atoms with van der Waals surface area (Å²) in [5, 5.41) is 27.2. The zero-order valence-electron chi connectivity index (χ0n) is 10.1. The summed E-state index contributed by atoms with van der Waals surface area (Å²) in [5.74, 6) is -0.813. The van der Waals surface area contributed by atoms with Gasteiger partial charge in [0.1, 0.15) is 12.0 Å². The Bertz CT molecular complexity index is 699. The van der Waals surface area contributed by atoms with Crippen LogP contribution >= 0.6 is 0 Å². The molecule has 1 heterocycles. The van der Waals surface area contributed by atoms with Crippen LogP contribution in [-0.2, 0) is 0 Å². The highest BCUT2D eigenvalue weighted by Gasteiger charge is 2.20. The number of non-ortho nitro benzene ring substituents is 1. The molecule has 2 rings (SSSR count). The van der Waals surface area contributed by atoms with Crippen molar-refractivity contribution in [1.29, 1.82) is 0 Å². The predicted octanol–water partition coefficient (Wildman–Crippen LogP) is 0.378. The predicted molar refractivity (Wildman–Crippen MR) is 67.2 cm³/mol. The lowest BCUT2D eigenvalue weighted by molar-refractivity contribution is -0.393. The van der Waals surface area contributed by atoms with Gasteiger partial charge in [0.2, 0.25) is 5.82 Å². The lowest BCUT2D eigenvalue weighted by Crippen LogP contribution is -2.30. The molecule has 0 unspecified atom stereocenters. The van der Waals surface area contributed by atoms with E-state index in [-0.39, 0.29) is 11.5 Å². The third kappa shape index (κ3) is 3.06. The molecule has 0 atom stereocenters. The quantitative estimate of drug-likeness (QED) is 0.524. The molecule has 1 aromatic carbocycles. The summed E-state index contributed by atoms with van der Waals surface area (Å²) in [6.45, 7) is 0. The number of carbonyl (C=O) groups is 1. The van der Waals surface area contributed by atoms with E-state index in [0.717, 1.165) is 24.5 Å². The number of nitrogens with zero attached hydrogens (tertiary/aromatic N) is 4. The summed E-state index contributed by atoms with van der Waals surface area (Å²) in [6.07, 6.45) is 1.11. The van der Waals surface area contributed by atoms with E-state index in [2.05, 4.69) is 26.0 Å². The highest BCUT2D eigenvalue weighted by molar-refractivity contribution is 5.91. The van der Waals surface area contributed by atoms with Crippen molar-refractivity contribution in [1.82, 2.24) is 20.6 Å². The van der Waals surface area contributed by atoms with Crippen molar-refractivity contribution in [3.05, 3.63) is 50.6 Å². The number of hydrogen-bond donors (Lipinski definition) is 3. The number of nitro groups is 2. The monoisotopic (exact) mass is 293 g/mol. The number of amides is 1. The molecule has 3 N–H and O–H groups in total. The third-order valence-electron chi connectivity index (χ3n) is 2.33. The average molecular weight is 293 g/mol. The molecule has 12 nitrogen and oxygen atoms in total. The van der Waals surface area contributed by atoms with E-state index in [9.17, 15) is 25.0 Å². The first-order valence-corrected chi connectivity index (χ1v) is 5.33. The highest BCUT2D eigenvalue weighted by atomic mass is 16.6. The molecule has 0 aliphatic carbocycles. The van der Waals surface area contributed by atoms with Crippen molar-refractivity contribution in [3.8, 4) is 0 Å². The standard InChI is InChI=1S/C9H7N7O5/c17-9(8-10-4-11-13-8)14-12-6-2-1-5(15(18)19)3-7(6)16(20)21/h1-4,12H,(H,14,17)(H,10,11,13). The number of rotatable bonds is 5. The summed E-state index contributed by atoms with van der Waals surface area (Å²) in [6, 6.07) is 2.95. The Labute approximate surface area is 115 Å². The molecule has 0 fully saturated rings. The summed E-state index contributed by atoms with van der Waals surface area (Å²) in [5.41, 5.74) is 3.34. The largest absolute Gasteiger partial charge is 0.306 e. The number of aromatic nitrogens is 3. The van der Waals surface area contributed by atoms with Crippen molar-refractivity contribution in [2.45, 2.75) is 0 Å². The van der Waals surface area contributed by atoms with Gasteiger partial charge in [0.05, 0.1) is 15.9 Å². The van der Waals surface area contributed by atoms with Gasteiger partial charge in [-0.1, -0.05) is 0 Å². The van der Waals surface area contributed by atoms with E-state index in [0.29, 0.717) is 0 Å². The van der Waals surface area contributed by atoms with Crippen LogP contribution in [0.4, 0.5) is 17.1 Å². The fourth-order valence-corrected chi connectivity index (χ4v) is 1.39. The summed E-state index contributed by atoms with van der Waals surface area (Å²) in [4.78, 5) is 35.0. The maximum atomic E-state index is 11.5. The lowest BCUT2D eigenvalue weighted by Gasteiger charge is -2.07. The topological polar surface area (TPSA) is 169 Å². The van der Waals surface area contributed by atoms with Crippen LogP contribution in [0.5, 0.6) is 0 Å². The molecule has 0 spiro atoms. The van der Waals surface area contributed by atoms with Gasteiger partial charge in [-0.05, 0) is 6.07 Å². The normalized spacial score (nSPS) is 9.90. The molecule has 0 saturated carbocycles. The number of hydrazine groups is 1. The van der Waals surface area contributed by atoms with E-state index in [1.807, 2.05) is 0 Å². The van der Waals surface area contributed by atoms with Crippen molar-refractivity contribution < 1.29 is 14.6 Å². The minimum absolute atomic E-state index is 0.105. The second-order valence-corrected chi connectivity index (χ2v) is 3.63. The van der Waals surface area contributed by atoms with Gasteiger partial charge in [0, 0.05) is 6.07 Å². The first kappa shape index (κ1) is 13.9. The Kier molecular flexibility index (Phi) is 3.69. The molecule has 108 valence electrons. The van der Waals surface area contributed by atoms with Crippen LogP contribution < -0.4 is 10.9 Å². The number of benzene rings is 1. The minimum atomic E-state index is -0.810. The first-order chi connectivity index (χ1) is 9.99. The van der Waals surface area contributed by atoms with Crippen molar-refractivity contribution >= 4 is 23.0 Å². The maximum Gasteiger partial charge on any atom is 0.306 e. The van der Waals surface area contributed by atoms with Gasteiger partial charge in [-0.15, -0.1) is 0 Å². The van der Waals surface area contributed by atoms with Crippen LogP contribution in [0.1, 0.15) is 10.6 Å². The van der Waals surface area contributed by atoms with E-state index >= 15 is 0 Å². The molecular formula is C9H7N7O5. The summed E-state index contributed by atoms with van der Waals surface area (Å²) >= 11 is 0. The Morgan fingerprint density at radius 2 is 2.00 bits per heavy atom. The van der Waals surface area contributed by atoms with Crippen LogP contribution in [0.2, 0.25) is 0 Å². The van der Waals surface area contributed by atoms with Gasteiger partial charge in [-0.2, -0.15) is 5.10 Å². The molecule has 1 amide bonds. The Morgan fingerprint density at radius 1 is 1.24 bits per heavy atom. The molecule has 1 aromatic heterocycles. The SMILES string of the molecule is O=C(NNc1ccc([N+](=O)[O-])cc1[N+](=O)[O-])c1ncn[nH]1. The number of carbonyl (C=O) groups excluding carboxylic acids is 1.